The second-order valence-corrected chi connectivity index (χ2v) is 5.88. The van der Waals surface area contributed by atoms with E-state index in [-0.39, 0.29) is 0 Å². The number of fused-ring (bicyclic) bond motifs is 1. The molecule has 6 heteroatoms. The van der Waals surface area contributed by atoms with Gasteiger partial charge in [0.1, 0.15) is 30.5 Å². The predicted octanol–water partition coefficient (Wildman–Crippen LogP) is 3.38. The Bertz CT molecular complexity index is 682. The number of benzene rings is 1. The summed E-state index contributed by atoms with van der Waals surface area (Å²) in [5, 5.41) is 0. The molecule has 1 aromatic carbocycles. The van der Waals surface area contributed by atoms with E-state index in [2.05, 4.69) is 27.8 Å². The summed E-state index contributed by atoms with van der Waals surface area (Å²) in [4.78, 5) is 4.61. The molecular weight excluding hydrogens is 334 g/mol. The number of imidazole rings is 1. The normalized spacial score (nSPS) is 13.5. The summed E-state index contributed by atoms with van der Waals surface area (Å²) in [5.74, 6) is 3.09. The lowest BCUT2D eigenvalue weighted by Gasteiger charge is -2.20. The largest absolute Gasteiger partial charge is 0.486 e. The van der Waals surface area contributed by atoms with E-state index in [9.17, 15) is 0 Å². The Labute approximate surface area is 132 Å². The van der Waals surface area contributed by atoms with Gasteiger partial charge in [0.2, 0.25) is 0 Å². The van der Waals surface area contributed by atoms with Crippen molar-refractivity contribution in [1.82, 2.24) is 9.55 Å². The van der Waals surface area contributed by atoms with E-state index in [4.69, 9.17) is 15.2 Å². The number of aromatic nitrogens is 2. The molecule has 2 aromatic rings. The third-order valence-corrected chi connectivity index (χ3v) is 4.10. The summed E-state index contributed by atoms with van der Waals surface area (Å²) in [7, 11) is 0. The van der Waals surface area contributed by atoms with E-state index >= 15 is 0 Å². The van der Waals surface area contributed by atoms with Crippen LogP contribution in [0.3, 0.4) is 0 Å². The molecule has 1 aliphatic rings. The molecule has 0 atom stereocenters. The molecule has 1 aliphatic heterocycles. The number of anilines is 1. The molecule has 0 saturated carbocycles. The van der Waals surface area contributed by atoms with E-state index in [0.717, 1.165) is 46.0 Å². The Morgan fingerprint density at radius 3 is 2.86 bits per heavy atom. The molecule has 0 spiro atoms. The van der Waals surface area contributed by atoms with Crippen molar-refractivity contribution < 1.29 is 9.47 Å². The standard InChI is InChI=1S/C15H18BrN3O2/c1-3-4-19-9(2)18-13(15(19)17)10-7-11(16)14-12(8-10)20-5-6-21-14/h7-8H,3-6,17H2,1-2H3. The van der Waals surface area contributed by atoms with Gasteiger partial charge in [0.25, 0.3) is 0 Å². The van der Waals surface area contributed by atoms with Crippen molar-refractivity contribution in [2.24, 2.45) is 0 Å². The molecule has 2 heterocycles. The van der Waals surface area contributed by atoms with Gasteiger partial charge in [0.05, 0.1) is 4.47 Å². The van der Waals surface area contributed by atoms with E-state index in [1.165, 1.54) is 0 Å². The van der Waals surface area contributed by atoms with Crippen LogP contribution in [-0.4, -0.2) is 22.8 Å². The van der Waals surface area contributed by atoms with Gasteiger partial charge in [0, 0.05) is 12.1 Å². The number of nitrogens with two attached hydrogens (primary N) is 1. The van der Waals surface area contributed by atoms with E-state index in [1.54, 1.807) is 0 Å². The molecule has 0 saturated heterocycles. The van der Waals surface area contributed by atoms with Gasteiger partial charge in [-0.3, -0.25) is 0 Å². The maximum absolute atomic E-state index is 6.26. The summed E-state index contributed by atoms with van der Waals surface area (Å²) in [6.07, 6.45) is 1.02. The highest BCUT2D eigenvalue weighted by Crippen LogP contribution is 2.42. The lowest BCUT2D eigenvalue weighted by atomic mass is 10.1. The summed E-state index contributed by atoms with van der Waals surface area (Å²) < 4.78 is 14.2. The number of ether oxygens (including phenoxy) is 2. The minimum atomic E-state index is 0.557. The van der Waals surface area contributed by atoms with Gasteiger partial charge in [-0.25, -0.2) is 4.98 Å². The molecule has 3 rings (SSSR count). The highest BCUT2D eigenvalue weighted by atomic mass is 79.9. The molecule has 5 nitrogen and oxygen atoms in total. The molecule has 0 amide bonds. The summed E-state index contributed by atoms with van der Waals surface area (Å²) in [6.45, 7) is 6.09. The lowest BCUT2D eigenvalue weighted by Crippen LogP contribution is -2.15. The highest BCUT2D eigenvalue weighted by Gasteiger charge is 2.20. The maximum atomic E-state index is 6.26. The molecule has 0 bridgehead atoms. The molecule has 0 radical (unpaired) electrons. The van der Waals surface area contributed by atoms with Crippen LogP contribution in [0.5, 0.6) is 11.5 Å². The zero-order valence-electron chi connectivity index (χ0n) is 12.1. The third-order valence-electron chi connectivity index (χ3n) is 3.52. The average molecular weight is 352 g/mol. The number of aryl methyl sites for hydroxylation is 1. The fraction of sp³-hybridized carbons (Fsp3) is 0.400. The molecule has 0 aliphatic carbocycles. The zero-order valence-corrected chi connectivity index (χ0v) is 13.7. The van der Waals surface area contributed by atoms with Crippen LogP contribution >= 0.6 is 15.9 Å². The number of hydrogen-bond donors (Lipinski definition) is 1. The Morgan fingerprint density at radius 1 is 1.33 bits per heavy atom. The monoisotopic (exact) mass is 351 g/mol. The summed E-state index contributed by atoms with van der Waals surface area (Å²) in [6, 6.07) is 3.91. The van der Waals surface area contributed by atoms with E-state index < -0.39 is 0 Å². The minimum absolute atomic E-state index is 0.557. The first kappa shape index (κ1) is 14.3. The first-order chi connectivity index (χ1) is 10.1. The van der Waals surface area contributed by atoms with Crippen molar-refractivity contribution in [3.8, 4) is 22.8 Å². The van der Waals surface area contributed by atoms with Gasteiger partial charge in [-0.15, -0.1) is 0 Å². The summed E-state index contributed by atoms with van der Waals surface area (Å²) in [5.41, 5.74) is 7.98. The molecule has 112 valence electrons. The van der Waals surface area contributed by atoms with Crippen LogP contribution in [0.2, 0.25) is 0 Å². The van der Waals surface area contributed by atoms with Crippen molar-refractivity contribution in [2.45, 2.75) is 26.8 Å². The average Bonchev–Trinajstić information content (AvgIpc) is 2.76. The molecule has 0 fully saturated rings. The predicted molar refractivity (Wildman–Crippen MR) is 85.8 cm³/mol. The third kappa shape index (κ3) is 2.48. The SMILES string of the molecule is CCCn1c(C)nc(-c2cc(Br)c3c(c2)OCCO3)c1N. The zero-order chi connectivity index (χ0) is 15.0. The van der Waals surface area contributed by atoms with Crippen LogP contribution in [0.25, 0.3) is 11.3 Å². The summed E-state index contributed by atoms with van der Waals surface area (Å²) >= 11 is 3.53. The molecule has 1 aromatic heterocycles. The first-order valence-electron chi connectivity index (χ1n) is 7.04. The highest BCUT2D eigenvalue weighted by molar-refractivity contribution is 9.10. The van der Waals surface area contributed by atoms with Crippen molar-refractivity contribution in [1.29, 1.82) is 0 Å². The van der Waals surface area contributed by atoms with Crippen molar-refractivity contribution >= 4 is 21.7 Å². The maximum Gasteiger partial charge on any atom is 0.175 e. The topological polar surface area (TPSA) is 62.3 Å². The fourth-order valence-electron chi connectivity index (χ4n) is 2.55. The Morgan fingerprint density at radius 2 is 2.10 bits per heavy atom. The van der Waals surface area contributed by atoms with Crippen molar-refractivity contribution in [2.75, 3.05) is 18.9 Å². The van der Waals surface area contributed by atoms with Crippen LogP contribution in [0.4, 0.5) is 5.82 Å². The first-order valence-corrected chi connectivity index (χ1v) is 7.83. The van der Waals surface area contributed by atoms with Gasteiger partial charge in [-0.05, 0) is 41.4 Å². The fourth-order valence-corrected chi connectivity index (χ4v) is 3.10. The van der Waals surface area contributed by atoms with Gasteiger partial charge in [-0.1, -0.05) is 6.92 Å². The molecule has 0 unspecified atom stereocenters. The van der Waals surface area contributed by atoms with Gasteiger partial charge in [-0.2, -0.15) is 0 Å². The molecular formula is C15H18BrN3O2. The second-order valence-electron chi connectivity index (χ2n) is 5.03. The number of nitrogens with zero attached hydrogens (tertiary/aromatic N) is 2. The molecule has 21 heavy (non-hydrogen) atoms. The van der Waals surface area contributed by atoms with Crippen LogP contribution in [0.1, 0.15) is 19.2 Å². The van der Waals surface area contributed by atoms with Gasteiger partial charge < -0.3 is 19.8 Å². The van der Waals surface area contributed by atoms with Crippen LogP contribution in [0, 0.1) is 6.92 Å². The van der Waals surface area contributed by atoms with Gasteiger partial charge >= 0.3 is 0 Å². The van der Waals surface area contributed by atoms with Crippen LogP contribution < -0.4 is 15.2 Å². The van der Waals surface area contributed by atoms with E-state index in [1.807, 2.05) is 23.6 Å². The van der Waals surface area contributed by atoms with Crippen molar-refractivity contribution in [3.05, 3.63) is 22.4 Å². The smallest absolute Gasteiger partial charge is 0.175 e. The quantitative estimate of drug-likeness (QED) is 0.920. The van der Waals surface area contributed by atoms with Crippen LogP contribution in [-0.2, 0) is 6.54 Å². The second kappa shape index (κ2) is 5.60. The number of nitrogen functional groups attached to an aromatic ring is 1. The Hall–Kier alpha value is -1.69. The minimum Gasteiger partial charge on any atom is -0.486 e. The number of hydrogen-bond acceptors (Lipinski definition) is 4. The number of rotatable bonds is 3. The van der Waals surface area contributed by atoms with Crippen LogP contribution in [0.15, 0.2) is 16.6 Å². The lowest BCUT2D eigenvalue weighted by molar-refractivity contribution is 0.170. The Balaban J connectivity index is 2.09. The Kier molecular flexibility index (Phi) is 3.80. The number of halogens is 1. The molecule has 2 N–H and O–H groups in total. The van der Waals surface area contributed by atoms with Gasteiger partial charge in [0.15, 0.2) is 11.5 Å². The van der Waals surface area contributed by atoms with Crippen molar-refractivity contribution in [3.63, 3.8) is 0 Å². The van der Waals surface area contributed by atoms with E-state index in [0.29, 0.717) is 19.0 Å².